The number of aromatic nitrogens is 4. The Kier molecular flexibility index (Phi) is 3.11. The SMILES string of the molecule is Nc1nnc(NC2CCN(c3ccc(F)nn3)C2)s1. The molecule has 1 aliphatic heterocycles. The minimum Gasteiger partial charge on any atom is -0.374 e. The molecule has 1 atom stereocenters. The number of nitrogens with two attached hydrogens (primary N) is 1. The summed E-state index contributed by atoms with van der Waals surface area (Å²) in [7, 11) is 0. The lowest BCUT2D eigenvalue weighted by Crippen LogP contribution is -2.26. The van der Waals surface area contributed by atoms with Crippen LogP contribution in [0.2, 0.25) is 0 Å². The van der Waals surface area contributed by atoms with E-state index in [0.29, 0.717) is 10.9 Å². The zero-order valence-electron chi connectivity index (χ0n) is 9.95. The average molecular weight is 281 g/mol. The highest BCUT2D eigenvalue weighted by molar-refractivity contribution is 7.18. The second-order valence-electron chi connectivity index (χ2n) is 4.24. The zero-order chi connectivity index (χ0) is 13.2. The van der Waals surface area contributed by atoms with Crippen molar-refractivity contribution in [2.24, 2.45) is 0 Å². The van der Waals surface area contributed by atoms with E-state index in [0.717, 1.165) is 24.6 Å². The minimum atomic E-state index is -0.568. The Labute approximate surface area is 112 Å². The van der Waals surface area contributed by atoms with Crippen molar-refractivity contribution in [2.45, 2.75) is 12.5 Å². The van der Waals surface area contributed by atoms with E-state index in [2.05, 4.69) is 30.6 Å². The van der Waals surface area contributed by atoms with Gasteiger partial charge in [-0.25, -0.2) is 0 Å². The van der Waals surface area contributed by atoms with Gasteiger partial charge in [0, 0.05) is 19.1 Å². The van der Waals surface area contributed by atoms with E-state index >= 15 is 0 Å². The second kappa shape index (κ2) is 4.92. The smallest absolute Gasteiger partial charge is 0.233 e. The fourth-order valence-corrected chi connectivity index (χ4v) is 2.62. The van der Waals surface area contributed by atoms with Crippen LogP contribution < -0.4 is 16.0 Å². The van der Waals surface area contributed by atoms with Gasteiger partial charge in [-0.2, -0.15) is 4.39 Å². The van der Waals surface area contributed by atoms with E-state index in [1.807, 2.05) is 0 Å². The third-order valence-electron chi connectivity index (χ3n) is 2.90. The average Bonchev–Trinajstić information content (AvgIpc) is 3.00. The maximum absolute atomic E-state index is 12.7. The van der Waals surface area contributed by atoms with E-state index in [1.165, 1.54) is 17.4 Å². The zero-order valence-corrected chi connectivity index (χ0v) is 10.8. The molecule has 0 saturated carbocycles. The Hall–Kier alpha value is -2.03. The monoisotopic (exact) mass is 281 g/mol. The van der Waals surface area contributed by atoms with Crippen LogP contribution in [0, 0.1) is 5.95 Å². The third kappa shape index (κ3) is 2.70. The number of hydrogen-bond donors (Lipinski definition) is 2. The first-order valence-corrected chi connectivity index (χ1v) is 6.62. The first-order chi connectivity index (χ1) is 9.20. The molecule has 2 aromatic rings. The van der Waals surface area contributed by atoms with Crippen LogP contribution in [-0.2, 0) is 0 Å². The normalized spacial score (nSPS) is 18.8. The predicted octanol–water partition coefficient (Wildman–Crippen LogP) is 0.740. The van der Waals surface area contributed by atoms with Gasteiger partial charge in [0.25, 0.3) is 0 Å². The Bertz CT molecular complexity index is 557. The van der Waals surface area contributed by atoms with Crippen LogP contribution in [0.1, 0.15) is 6.42 Å². The van der Waals surface area contributed by atoms with Gasteiger partial charge in [-0.1, -0.05) is 11.3 Å². The van der Waals surface area contributed by atoms with E-state index < -0.39 is 5.95 Å². The van der Waals surface area contributed by atoms with Crippen molar-refractivity contribution in [2.75, 3.05) is 29.0 Å². The highest BCUT2D eigenvalue weighted by Gasteiger charge is 2.24. The number of halogens is 1. The Balaban J connectivity index is 1.62. The van der Waals surface area contributed by atoms with Gasteiger partial charge in [0.1, 0.15) is 0 Å². The quantitative estimate of drug-likeness (QED) is 0.857. The van der Waals surface area contributed by atoms with E-state index in [-0.39, 0.29) is 6.04 Å². The van der Waals surface area contributed by atoms with Crippen molar-refractivity contribution in [1.29, 1.82) is 0 Å². The van der Waals surface area contributed by atoms with E-state index in [9.17, 15) is 4.39 Å². The molecule has 3 N–H and O–H groups in total. The fourth-order valence-electron chi connectivity index (χ4n) is 2.03. The van der Waals surface area contributed by atoms with Gasteiger partial charge in [-0.3, -0.25) is 0 Å². The summed E-state index contributed by atoms with van der Waals surface area (Å²) < 4.78 is 12.7. The van der Waals surface area contributed by atoms with E-state index in [1.54, 1.807) is 6.07 Å². The number of nitrogen functional groups attached to an aromatic ring is 1. The molecule has 0 bridgehead atoms. The fraction of sp³-hybridized carbons (Fsp3) is 0.400. The summed E-state index contributed by atoms with van der Waals surface area (Å²) in [4.78, 5) is 2.05. The molecule has 0 amide bonds. The minimum absolute atomic E-state index is 0.249. The van der Waals surface area contributed by atoms with Crippen LogP contribution in [0.25, 0.3) is 0 Å². The molecule has 100 valence electrons. The molecule has 0 radical (unpaired) electrons. The maximum Gasteiger partial charge on any atom is 0.233 e. The predicted molar refractivity (Wildman–Crippen MR) is 70.6 cm³/mol. The Morgan fingerprint density at radius 2 is 2.21 bits per heavy atom. The summed E-state index contributed by atoms with van der Waals surface area (Å²) in [6.07, 6.45) is 0.943. The number of anilines is 3. The molecule has 1 aliphatic rings. The third-order valence-corrected chi connectivity index (χ3v) is 3.58. The second-order valence-corrected chi connectivity index (χ2v) is 5.24. The van der Waals surface area contributed by atoms with Crippen LogP contribution >= 0.6 is 11.3 Å². The van der Waals surface area contributed by atoms with Crippen molar-refractivity contribution in [3.05, 3.63) is 18.1 Å². The molecule has 2 aromatic heterocycles. The van der Waals surface area contributed by atoms with Crippen molar-refractivity contribution in [3.8, 4) is 0 Å². The topological polar surface area (TPSA) is 92.8 Å². The van der Waals surface area contributed by atoms with Gasteiger partial charge >= 0.3 is 0 Å². The van der Waals surface area contributed by atoms with Gasteiger partial charge in [-0.05, 0) is 18.6 Å². The standard InChI is InChI=1S/C10H12FN7S/c11-7-1-2-8(15-14-7)18-4-3-6(5-18)13-10-17-16-9(12)19-10/h1-2,6H,3-5H2,(H2,12,16)(H,13,17). The molecule has 7 nitrogen and oxygen atoms in total. The van der Waals surface area contributed by atoms with Gasteiger partial charge in [0.05, 0.1) is 0 Å². The van der Waals surface area contributed by atoms with Crippen molar-refractivity contribution < 1.29 is 4.39 Å². The highest BCUT2D eigenvalue weighted by Crippen LogP contribution is 2.22. The molecule has 9 heteroatoms. The molecule has 19 heavy (non-hydrogen) atoms. The molecule has 1 saturated heterocycles. The molecule has 0 aliphatic carbocycles. The van der Waals surface area contributed by atoms with Crippen LogP contribution in [0.5, 0.6) is 0 Å². The number of rotatable bonds is 3. The van der Waals surface area contributed by atoms with Crippen LogP contribution in [0.4, 0.5) is 20.5 Å². The summed E-state index contributed by atoms with van der Waals surface area (Å²) in [6, 6.07) is 3.20. The lowest BCUT2D eigenvalue weighted by atomic mass is 10.3. The molecule has 0 spiro atoms. The van der Waals surface area contributed by atoms with Crippen LogP contribution in [-0.4, -0.2) is 39.5 Å². The first kappa shape index (κ1) is 12.0. The highest BCUT2D eigenvalue weighted by atomic mass is 32.1. The molecule has 3 heterocycles. The van der Waals surface area contributed by atoms with Gasteiger partial charge < -0.3 is 16.0 Å². The first-order valence-electron chi connectivity index (χ1n) is 5.80. The van der Waals surface area contributed by atoms with Crippen molar-refractivity contribution in [1.82, 2.24) is 20.4 Å². The molecule has 1 unspecified atom stereocenters. The molecule has 1 fully saturated rings. The van der Waals surface area contributed by atoms with Crippen molar-refractivity contribution >= 4 is 27.4 Å². The lowest BCUT2D eigenvalue weighted by molar-refractivity contribution is 0.562. The summed E-state index contributed by atoms with van der Waals surface area (Å²) in [5.41, 5.74) is 5.53. The number of hydrogen-bond acceptors (Lipinski definition) is 8. The lowest BCUT2D eigenvalue weighted by Gasteiger charge is -2.16. The van der Waals surface area contributed by atoms with E-state index in [4.69, 9.17) is 5.73 Å². The molecule has 3 rings (SSSR count). The van der Waals surface area contributed by atoms with Gasteiger partial charge in [0.2, 0.25) is 16.2 Å². The number of nitrogens with one attached hydrogen (secondary N) is 1. The van der Waals surface area contributed by atoms with Crippen LogP contribution in [0.3, 0.4) is 0 Å². The summed E-state index contributed by atoms with van der Waals surface area (Å²) in [6.45, 7) is 1.60. The maximum atomic E-state index is 12.7. The van der Waals surface area contributed by atoms with Gasteiger partial charge in [-0.15, -0.1) is 20.4 Å². The summed E-state index contributed by atoms with van der Waals surface area (Å²) in [5.74, 6) is 0.115. The number of nitrogens with zero attached hydrogens (tertiary/aromatic N) is 5. The Morgan fingerprint density at radius 1 is 1.32 bits per heavy atom. The summed E-state index contributed by atoms with van der Waals surface area (Å²) >= 11 is 1.32. The summed E-state index contributed by atoms with van der Waals surface area (Å²) in [5, 5.41) is 19.4. The van der Waals surface area contributed by atoms with Crippen LogP contribution in [0.15, 0.2) is 12.1 Å². The molecule has 0 aromatic carbocycles. The van der Waals surface area contributed by atoms with Crippen molar-refractivity contribution in [3.63, 3.8) is 0 Å². The van der Waals surface area contributed by atoms with Gasteiger partial charge in [0.15, 0.2) is 5.82 Å². The largest absolute Gasteiger partial charge is 0.374 e. The molecular weight excluding hydrogens is 269 g/mol. The molecular formula is C10H12FN7S. The Morgan fingerprint density at radius 3 is 2.89 bits per heavy atom.